The van der Waals surface area contributed by atoms with Crippen LogP contribution in [0.25, 0.3) is 11.5 Å². The van der Waals surface area contributed by atoms with Crippen molar-refractivity contribution in [1.82, 2.24) is 4.98 Å². The first-order valence-electron chi connectivity index (χ1n) is 8.02. The molecule has 1 aromatic heterocycles. The van der Waals surface area contributed by atoms with E-state index in [2.05, 4.69) is 11.1 Å². The van der Waals surface area contributed by atoms with E-state index in [1.165, 1.54) is 0 Å². The van der Waals surface area contributed by atoms with Gasteiger partial charge in [0.2, 0.25) is 5.89 Å². The SMILES string of the molecule is COc1cc(CO)ccc1OCc1nc(-c2cccc(C#N)c2)oc1C. The van der Waals surface area contributed by atoms with Crippen molar-refractivity contribution >= 4 is 0 Å². The number of methoxy groups -OCH3 is 1. The molecule has 0 atom stereocenters. The lowest BCUT2D eigenvalue weighted by atomic mass is 10.1. The Kier molecular flexibility index (Phi) is 5.20. The number of aliphatic hydroxyl groups excluding tert-OH is 1. The first kappa shape index (κ1) is 17.5. The molecule has 6 heteroatoms. The zero-order valence-corrected chi connectivity index (χ0v) is 14.5. The highest BCUT2D eigenvalue weighted by Crippen LogP contribution is 2.30. The van der Waals surface area contributed by atoms with E-state index in [4.69, 9.17) is 19.2 Å². The van der Waals surface area contributed by atoms with Gasteiger partial charge in [-0.25, -0.2) is 4.98 Å². The second-order valence-electron chi connectivity index (χ2n) is 5.65. The van der Waals surface area contributed by atoms with Crippen molar-refractivity contribution in [2.75, 3.05) is 7.11 Å². The first-order valence-corrected chi connectivity index (χ1v) is 8.02. The Morgan fingerprint density at radius 2 is 2.04 bits per heavy atom. The second kappa shape index (κ2) is 7.72. The Morgan fingerprint density at radius 1 is 1.19 bits per heavy atom. The predicted octanol–water partition coefficient (Wildman–Crippen LogP) is 3.60. The summed E-state index contributed by atoms with van der Waals surface area (Å²) in [6, 6.07) is 14.4. The van der Waals surface area contributed by atoms with E-state index < -0.39 is 0 Å². The number of nitriles is 1. The lowest BCUT2D eigenvalue weighted by molar-refractivity contribution is 0.272. The Labute approximate surface area is 151 Å². The average molecular weight is 350 g/mol. The fourth-order valence-corrected chi connectivity index (χ4v) is 2.48. The maximum absolute atomic E-state index is 9.20. The molecule has 3 aromatic rings. The topological polar surface area (TPSA) is 88.5 Å². The number of aromatic nitrogens is 1. The molecule has 132 valence electrons. The van der Waals surface area contributed by atoms with Gasteiger partial charge in [-0.2, -0.15) is 5.26 Å². The van der Waals surface area contributed by atoms with Crippen LogP contribution in [-0.4, -0.2) is 17.2 Å². The van der Waals surface area contributed by atoms with Crippen molar-refractivity contribution < 1.29 is 19.0 Å². The van der Waals surface area contributed by atoms with Gasteiger partial charge in [-0.1, -0.05) is 12.1 Å². The number of aliphatic hydroxyl groups is 1. The molecule has 0 amide bonds. The van der Waals surface area contributed by atoms with Crippen LogP contribution >= 0.6 is 0 Å². The molecule has 0 saturated heterocycles. The van der Waals surface area contributed by atoms with E-state index in [0.29, 0.717) is 34.4 Å². The molecular formula is C20H18N2O4. The van der Waals surface area contributed by atoms with Crippen molar-refractivity contribution in [1.29, 1.82) is 5.26 Å². The van der Waals surface area contributed by atoms with Crippen molar-refractivity contribution in [3.8, 4) is 29.0 Å². The maximum Gasteiger partial charge on any atom is 0.226 e. The summed E-state index contributed by atoms with van der Waals surface area (Å²) in [6.07, 6.45) is 0. The van der Waals surface area contributed by atoms with Gasteiger partial charge in [-0.3, -0.25) is 0 Å². The molecule has 0 saturated carbocycles. The molecular weight excluding hydrogens is 332 g/mol. The summed E-state index contributed by atoms with van der Waals surface area (Å²) in [6.45, 7) is 1.96. The number of hydrogen-bond donors (Lipinski definition) is 1. The molecule has 0 unspecified atom stereocenters. The monoisotopic (exact) mass is 350 g/mol. The standard InChI is InChI=1S/C20H18N2O4/c1-13-17(12-25-18-7-6-15(11-23)9-19(18)24-2)22-20(26-13)16-5-3-4-14(8-16)10-21/h3-9,23H,11-12H2,1-2H3. The van der Waals surface area contributed by atoms with Gasteiger partial charge < -0.3 is 19.0 Å². The van der Waals surface area contributed by atoms with Gasteiger partial charge in [-0.15, -0.1) is 0 Å². The van der Waals surface area contributed by atoms with E-state index >= 15 is 0 Å². The highest BCUT2D eigenvalue weighted by molar-refractivity contribution is 5.56. The fraction of sp³-hybridized carbons (Fsp3) is 0.200. The number of benzene rings is 2. The molecule has 1 heterocycles. The summed E-state index contributed by atoms with van der Waals surface area (Å²) in [5, 5.41) is 18.2. The molecule has 0 aliphatic heterocycles. The third-order valence-electron chi connectivity index (χ3n) is 3.91. The Bertz CT molecular complexity index is 957. The number of hydrogen-bond acceptors (Lipinski definition) is 6. The molecule has 1 N–H and O–H groups in total. The van der Waals surface area contributed by atoms with Gasteiger partial charge in [0.1, 0.15) is 18.1 Å². The van der Waals surface area contributed by atoms with E-state index in [-0.39, 0.29) is 13.2 Å². The summed E-state index contributed by atoms with van der Waals surface area (Å²) < 4.78 is 16.8. The molecule has 0 bridgehead atoms. The molecule has 0 radical (unpaired) electrons. The quantitative estimate of drug-likeness (QED) is 0.731. The Balaban J connectivity index is 1.79. The summed E-state index contributed by atoms with van der Waals surface area (Å²) in [7, 11) is 1.55. The first-order chi connectivity index (χ1) is 12.6. The van der Waals surface area contributed by atoms with Crippen LogP contribution < -0.4 is 9.47 Å². The van der Waals surface area contributed by atoms with Crippen LogP contribution in [0.15, 0.2) is 46.9 Å². The smallest absolute Gasteiger partial charge is 0.226 e. The second-order valence-corrected chi connectivity index (χ2v) is 5.65. The van der Waals surface area contributed by atoms with Crippen LogP contribution in [-0.2, 0) is 13.2 Å². The van der Waals surface area contributed by atoms with Crippen molar-refractivity contribution in [3.05, 3.63) is 65.0 Å². The normalized spacial score (nSPS) is 10.4. The van der Waals surface area contributed by atoms with E-state index in [1.54, 1.807) is 43.5 Å². The average Bonchev–Trinajstić information content (AvgIpc) is 3.07. The highest BCUT2D eigenvalue weighted by atomic mass is 16.5. The summed E-state index contributed by atoms with van der Waals surface area (Å²) in [5.74, 6) is 2.19. The third kappa shape index (κ3) is 3.68. The largest absolute Gasteiger partial charge is 0.493 e. The lowest BCUT2D eigenvalue weighted by Crippen LogP contribution is -2.00. The molecule has 0 spiro atoms. The zero-order valence-electron chi connectivity index (χ0n) is 14.5. The third-order valence-corrected chi connectivity index (χ3v) is 3.91. The lowest BCUT2D eigenvalue weighted by Gasteiger charge is -2.10. The fourth-order valence-electron chi connectivity index (χ4n) is 2.48. The predicted molar refractivity (Wildman–Crippen MR) is 94.6 cm³/mol. The van der Waals surface area contributed by atoms with Gasteiger partial charge in [0.25, 0.3) is 0 Å². The van der Waals surface area contributed by atoms with Crippen LogP contribution in [0.2, 0.25) is 0 Å². The van der Waals surface area contributed by atoms with E-state index in [0.717, 1.165) is 11.1 Å². The minimum absolute atomic E-state index is 0.0653. The highest BCUT2D eigenvalue weighted by Gasteiger charge is 2.14. The van der Waals surface area contributed by atoms with Crippen molar-refractivity contribution in [2.24, 2.45) is 0 Å². The molecule has 2 aromatic carbocycles. The summed E-state index contributed by atoms with van der Waals surface area (Å²) in [4.78, 5) is 4.48. The number of aryl methyl sites for hydroxylation is 1. The van der Waals surface area contributed by atoms with E-state index in [9.17, 15) is 5.11 Å². The van der Waals surface area contributed by atoms with E-state index in [1.807, 2.05) is 13.0 Å². The zero-order chi connectivity index (χ0) is 18.5. The van der Waals surface area contributed by atoms with Crippen LogP contribution in [0, 0.1) is 18.3 Å². The number of nitrogens with zero attached hydrogens (tertiary/aromatic N) is 2. The maximum atomic E-state index is 9.20. The van der Waals surface area contributed by atoms with Gasteiger partial charge >= 0.3 is 0 Å². The van der Waals surface area contributed by atoms with Gasteiger partial charge in [0.15, 0.2) is 11.5 Å². The Morgan fingerprint density at radius 3 is 2.77 bits per heavy atom. The molecule has 3 rings (SSSR count). The molecule has 0 fully saturated rings. The van der Waals surface area contributed by atoms with Gasteiger partial charge in [0.05, 0.1) is 25.3 Å². The van der Waals surface area contributed by atoms with Gasteiger partial charge in [0, 0.05) is 5.56 Å². The van der Waals surface area contributed by atoms with Crippen LogP contribution in [0.4, 0.5) is 0 Å². The number of oxazole rings is 1. The van der Waals surface area contributed by atoms with Crippen LogP contribution in [0.5, 0.6) is 11.5 Å². The number of ether oxygens (including phenoxy) is 2. The van der Waals surface area contributed by atoms with Crippen LogP contribution in [0.1, 0.15) is 22.6 Å². The van der Waals surface area contributed by atoms with Crippen LogP contribution in [0.3, 0.4) is 0 Å². The minimum atomic E-state index is -0.0653. The minimum Gasteiger partial charge on any atom is -0.493 e. The summed E-state index contributed by atoms with van der Waals surface area (Å²) >= 11 is 0. The molecule has 6 nitrogen and oxygen atoms in total. The summed E-state index contributed by atoms with van der Waals surface area (Å²) in [5.41, 5.74) is 2.69. The van der Waals surface area contributed by atoms with Crippen molar-refractivity contribution in [2.45, 2.75) is 20.1 Å². The van der Waals surface area contributed by atoms with Gasteiger partial charge in [-0.05, 0) is 42.8 Å². The molecule has 0 aliphatic carbocycles. The number of rotatable bonds is 6. The molecule has 26 heavy (non-hydrogen) atoms. The Hall–Kier alpha value is -3.30. The van der Waals surface area contributed by atoms with Crippen molar-refractivity contribution in [3.63, 3.8) is 0 Å². The molecule has 0 aliphatic rings.